The number of rotatable bonds is 10. The lowest BCUT2D eigenvalue weighted by atomic mass is 9.88. The Kier molecular flexibility index (Phi) is 10.3. The van der Waals surface area contributed by atoms with Crippen molar-refractivity contribution in [2.24, 2.45) is 5.92 Å². The van der Waals surface area contributed by atoms with Crippen LogP contribution in [-0.2, 0) is 38.1 Å². The normalized spacial score (nSPS) is 14.8. The topological polar surface area (TPSA) is 191 Å². The minimum absolute atomic E-state index is 0.164. The van der Waals surface area contributed by atoms with Gasteiger partial charge in [-0.15, -0.1) is 0 Å². The summed E-state index contributed by atoms with van der Waals surface area (Å²) in [6.45, 7) is 10.3. The number of carbonyl (C=O) groups is 4. The molecule has 0 fully saturated rings. The van der Waals surface area contributed by atoms with Crippen LogP contribution in [0, 0.1) is 16.0 Å². The number of nitrogens with one attached hydrogen (secondary N) is 1. The van der Waals surface area contributed by atoms with E-state index >= 15 is 0 Å². The summed E-state index contributed by atoms with van der Waals surface area (Å²) in [4.78, 5) is 80.1. The zero-order valence-electron chi connectivity index (χ0n) is 25.5. The van der Waals surface area contributed by atoms with Crippen LogP contribution in [0.15, 0.2) is 38.6 Å². The summed E-state index contributed by atoms with van der Waals surface area (Å²) in [5.41, 5.74) is -5.29. The SMILES string of the molecule is CCOC(=O)C1=C(C(=O)OCC)C(C(=O)OCC)C(NC(C)(C)C)=c2c(oc3ccc([N+](=O)[O-])cc3c2=O)=C1C(=O)OCC. The number of nitrogens with zero attached hydrogens (tertiary/aromatic N) is 1. The third-order valence-corrected chi connectivity index (χ3v) is 6.16. The summed E-state index contributed by atoms with van der Waals surface area (Å²) < 4.78 is 27.2. The molecule has 0 aliphatic heterocycles. The van der Waals surface area contributed by atoms with Crippen molar-refractivity contribution in [2.45, 2.75) is 54.0 Å². The Hall–Kier alpha value is -5.01. The highest BCUT2D eigenvalue weighted by atomic mass is 16.6. The maximum absolute atomic E-state index is 14.3. The van der Waals surface area contributed by atoms with E-state index in [0.717, 1.165) is 18.2 Å². The zero-order valence-corrected chi connectivity index (χ0v) is 25.5. The lowest BCUT2D eigenvalue weighted by Gasteiger charge is -2.29. The number of fused-ring (bicyclic) bond motifs is 2. The lowest BCUT2D eigenvalue weighted by Crippen LogP contribution is -2.50. The molecule has 1 aliphatic carbocycles. The van der Waals surface area contributed by atoms with Crippen molar-refractivity contribution >= 4 is 51.8 Å². The average molecular weight is 615 g/mol. The first-order valence-electron chi connectivity index (χ1n) is 13.9. The lowest BCUT2D eigenvalue weighted by molar-refractivity contribution is -0.384. The van der Waals surface area contributed by atoms with E-state index in [4.69, 9.17) is 23.4 Å². The standard InChI is InChI=1S/C30H34N2O12/c1-8-40-26(34)18-19(27(35)41-9-2)21(29(37)43-11-4)25-22(23(31-30(5,6)7)20(18)28(36)42-10-3)24(33)16-14-15(32(38)39)12-13-17(16)44-25/h12-14,20,31H,8-11H2,1-7H3. The summed E-state index contributed by atoms with van der Waals surface area (Å²) in [6, 6.07) is 3.23. The van der Waals surface area contributed by atoms with E-state index in [-0.39, 0.29) is 43.1 Å². The van der Waals surface area contributed by atoms with Crippen molar-refractivity contribution in [2.75, 3.05) is 26.4 Å². The zero-order chi connectivity index (χ0) is 32.9. The van der Waals surface area contributed by atoms with Crippen molar-refractivity contribution < 1.29 is 47.5 Å². The molecule has 0 bridgehead atoms. The quantitative estimate of drug-likeness (QED) is 0.176. The van der Waals surface area contributed by atoms with Gasteiger partial charge < -0.3 is 28.7 Å². The summed E-state index contributed by atoms with van der Waals surface area (Å²) in [7, 11) is 0. The highest BCUT2D eigenvalue weighted by molar-refractivity contribution is 6.28. The molecule has 0 saturated heterocycles. The minimum atomic E-state index is -1.85. The van der Waals surface area contributed by atoms with E-state index in [1.165, 1.54) is 27.7 Å². The van der Waals surface area contributed by atoms with Crippen LogP contribution in [0.5, 0.6) is 0 Å². The first kappa shape index (κ1) is 33.5. The Balaban J connectivity index is 2.88. The van der Waals surface area contributed by atoms with Crippen molar-refractivity contribution in [3.63, 3.8) is 0 Å². The number of ether oxygens (including phenoxy) is 4. The van der Waals surface area contributed by atoms with Crippen LogP contribution in [0.1, 0.15) is 48.5 Å². The molecule has 0 spiro atoms. The van der Waals surface area contributed by atoms with Gasteiger partial charge in [0.1, 0.15) is 17.1 Å². The number of nitro benzene ring substituents is 1. The molecule has 0 saturated carbocycles. The smallest absolute Gasteiger partial charge is 0.342 e. The molecular formula is C30H34N2O12. The molecule has 1 aliphatic rings. The number of hydrogen-bond donors (Lipinski definition) is 1. The first-order chi connectivity index (χ1) is 20.7. The second kappa shape index (κ2) is 13.5. The molecule has 1 atom stereocenters. The van der Waals surface area contributed by atoms with E-state index in [9.17, 15) is 34.1 Å². The van der Waals surface area contributed by atoms with Crippen molar-refractivity contribution in [1.29, 1.82) is 0 Å². The van der Waals surface area contributed by atoms with Gasteiger partial charge in [-0.1, -0.05) is 0 Å². The molecule has 44 heavy (non-hydrogen) atoms. The summed E-state index contributed by atoms with van der Waals surface area (Å²) in [5.74, 6) is -6.48. The van der Waals surface area contributed by atoms with Crippen LogP contribution < -0.4 is 21.4 Å². The second-order valence-corrected chi connectivity index (χ2v) is 10.4. The maximum Gasteiger partial charge on any atom is 0.342 e. The van der Waals surface area contributed by atoms with Crippen LogP contribution in [-0.4, -0.2) is 60.8 Å². The number of esters is 4. The number of hydrogen-bond acceptors (Lipinski definition) is 13. The highest BCUT2D eigenvalue weighted by Gasteiger charge is 2.45. The van der Waals surface area contributed by atoms with Crippen LogP contribution in [0.3, 0.4) is 0 Å². The molecule has 1 N–H and O–H groups in total. The number of benzene rings is 1. The Morgan fingerprint density at radius 1 is 0.886 bits per heavy atom. The van der Waals surface area contributed by atoms with E-state index in [1.54, 1.807) is 20.8 Å². The third-order valence-electron chi connectivity index (χ3n) is 6.16. The fourth-order valence-electron chi connectivity index (χ4n) is 4.64. The van der Waals surface area contributed by atoms with Gasteiger partial charge >= 0.3 is 23.9 Å². The molecule has 0 radical (unpaired) electrons. The Labute approximate surface area is 251 Å². The van der Waals surface area contributed by atoms with Gasteiger partial charge in [0.2, 0.25) is 5.43 Å². The fourth-order valence-corrected chi connectivity index (χ4v) is 4.64. The molecule has 2 aromatic rings. The van der Waals surface area contributed by atoms with E-state index in [0.29, 0.717) is 0 Å². The predicted octanol–water partition coefficient (Wildman–Crippen LogP) is 1.53. The number of carbonyl (C=O) groups excluding carboxylic acids is 4. The van der Waals surface area contributed by atoms with Crippen molar-refractivity contribution in [3.8, 4) is 0 Å². The van der Waals surface area contributed by atoms with Crippen LogP contribution >= 0.6 is 0 Å². The monoisotopic (exact) mass is 614 g/mol. The maximum atomic E-state index is 14.3. The predicted molar refractivity (Wildman–Crippen MR) is 155 cm³/mol. The van der Waals surface area contributed by atoms with Gasteiger partial charge in [0.15, 0.2) is 5.42 Å². The molecular weight excluding hydrogens is 580 g/mol. The molecule has 1 aromatic carbocycles. The Bertz CT molecular complexity index is 1740. The van der Waals surface area contributed by atoms with Crippen molar-refractivity contribution in [1.82, 2.24) is 5.32 Å². The highest BCUT2D eigenvalue weighted by Crippen LogP contribution is 2.33. The Morgan fingerprint density at radius 2 is 1.43 bits per heavy atom. The van der Waals surface area contributed by atoms with Gasteiger partial charge in [0, 0.05) is 23.4 Å². The third kappa shape index (κ3) is 6.63. The summed E-state index contributed by atoms with van der Waals surface area (Å²) in [6.07, 6.45) is 0. The minimum Gasteiger partial charge on any atom is -0.465 e. The summed E-state index contributed by atoms with van der Waals surface area (Å²) in [5, 5.41) is 13.9. The van der Waals surface area contributed by atoms with Crippen LogP contribution in [0.2, 0.25) is 0 Å². The average Bonchev–Trinajstić information content (AvgIpc) is 3.05. The molecule has 1 unspecified atom stereocenters. The molecule has 236 valence electrons. The van der Waals surface area contributed by atoms with E-state index < -0.39 is 78.7 Å². The second-order valence-electron chi connectivity index (χ2n) is 10.4. The molecule has 14 nitrogen and oxygen atoms in total. The van der Waals surface area contributed by atoms with Gasteiger partial charge in [-0.2, -0.15) is 0 Å². The first-order valence-corrected chi connectivity index (χ1v) is 13.9. The van der Waals surface area contributed by atoms with Gasteiger partial charge in [-0.25, -0.2) is 14.4 Å². The molecule has 1 heterocycles. The summed E-state index contributed by atoms with van der Waals surface area (Å²) >= 11 is 0. The molecule has 14 heteroatoms. The fraction of sp³-hybridized carbons (Fsp3) is 0.433. The molecule has 3 rings (SSSR count). The number of nitro groups is 1. The van der Waals surface area contributed by atoms with E-state index in [1.807, 2.05) is 0 Å². The molecule has 1 aromatic heterocycles. The van der Waals surface area contributed by atoms with Crippen LogP contribution in [0.25, 0.3) is 22.2 Å². The largest absolute Gasteiger partial charge is 0.465 e. The molecule has 0 amide bonds. The number of non-ortho nitro benzene ring substituents is 1. The van der Waals surface area contributed by atoms with E-state index in [2.05, 4.69) is 5.32 Å². The van der Waals surface area contributed by atoms with Crippen molar-refractivity contribution in [3.05, 3.63) is 60.3 Å². The van der Waals surface area contributed by atoms with Gasteiger partial charge in [-0.05, 0) is 54.5 Å². The van der Waals surface area contributed by atoms with Gasteiger partial charge in [0.05, 0.1) is 53.1 Å². The Morgan fingerprint density at radius 3 is 1.95 bits per heavy atom. The van der Waals surface area contributed by atoms with Crippen LogP contribution in [0.4, 0.5) is 5.69 Å². The van der Waals surface area contributed by atoms with Gasteiger partial charge in [-0.3, -0.25) is 19.7 Å². The van der Waals surface area contributed by atoms with Gasteiger partial charge in [0.25, 0.3) is 5.69 Å².